The SMILES string of the molecule is CNC(=O)CN(c1ccccc1OC)S(=O)(=O)c1ccc(OC)cc1. The molecule has 0 saturated carbocycles. The fraction of sp³-hybridized carbons (Fsp3) is 0.235. The maximum atomic E-state index is 13.1. The van der Waals surface area contributed by atoms with Crippen LogP contribution in [0.5, 0.6) is 11.5 Å². The van der Waals surface area contributed by atoms with Crippen LogP contribution in [0.4, 0.5) is 5.69 Å². The van der Waals surface area contributed by atoms with E-state index < -0.39 is 15.9 Å². The van der Waals surface area contributed by atoms with E-state index in [9.17, 15) is 13.2 Å². The van der Waals surface area contributed by atoms with E-state index in [-0.39, 0.29) is 17.1 Å². The topological polar surface area (TPSA) is 84.9 Å². The van der Waals surface area contributed by atoms with Gasteiger partial charge in [0.2, 0.25) is 5.91 Å². The number of hydrogen-bond acceptors (Lipinski definition) is 5. The molecular formula is C17H20N2O5S. The van der Waals surface area contributed by atoms with Gasteiger partial charge in [0.1, 0.15) is 18.0 Å². The molecule has 1 amide bonds. The Balaban J connectivity index is 2.55. The third-order valence-corrected chi connectivity index (χ3v) is 5.34. The molecule has 2 aromatic carbocycles. The number of carbonyl (C=O) groups excluding carboxylic acids is 1. The van der Waals surface area contributed by atoms with Gasteiger partial charge in [0.25, 0.3) is 10.0 Å². The van der Waals surface area contributed by atoms with Crippen LogP contribution in [0.1, 0.15) is 0 Å². The number of benzene rings is 2. The van der Waals surface area contributed by atoms with Crippen molar-refractivity contribution >= 4 is 21.6 Å². The number of amides is 1. The van der Waals surface area contributed by atoms with E-state index >= 15 is 0 Å². The predicted molar refractivity (Wildman–Crippen MR) is 94.6 cm³/mol. The van der Waals surface area contributed by atoms with Crippen LogP contribution in [0.15, 0.2) is 53.4 Å². The van der Waals surface area contributed by atoms with Gasteiger partial charge in [-0.2, -0.15) is 0 Å². The highest BCUT2D eigenvalue weighted by Gasteiger charge is 2.29. The van der Waals surface area contributed by atoms with Crippen molar-refractivity contribution in [3.63, 3.8) is 0 Å². The Hall–Kier alpha value is -2.74. The Bertz CT molecular complexity index is 834. The van der Waals surface area contributed by atoms with Gasteiger partial charge in [-0.3, -0.25) is 9.10 Å². The van der Waals surface area contributed by atoms with Crippen molar-refractivity contribution in [3.8, 4) is 11.5 Å². The molecule has 0 aliphatic rings. The fourth-order valence-corrected chi connectivity index (χ4v) is 3.65. The summed E-state index contributed by atoms with van der Waals surface area (Å²) in [5, 5.41) is 2.44. The number of nitrogens with one attached hydrogen (secondary N) is 1. The van der Waals surface area contributed by atoms with Gasteiger partial charge < -0.3 is 14.8 Å². The molecule has 25 heavy (non-hydrogen) atoms. The van der Waals surface area contributed by atoms with Crippen LogP contribution in [0.2, 0.25) is 0 Å². The molecule has 0 radical (unpaired) electrons. The van der Waals surface area contributed by atoms with Gasteiger partial charge in [0.05, 0.1) is 24.8 Å². The second-order valence-electron chi connectivity index (χ2n) is 5.03. The molecule has 0 aliphatic heterocycles. The second-order valence-corrected chi connectivity index (χ2v) is 6.89. The van der Waals surface area contributed by atoms with E-state index in [1.54, 1.807) is 36.4 Å². The molecule has 0 fully saturated rings. The average Bonchev–Trinajstić information content (AvgIpc) is 2.65. The third kappa shape index (κ3) is 4.03. The maximum Gasteiger partial charge on any atom is 0.264 e. The Kier molecular flexibility index (Phi) is 5.87. The predicted octanol–water partition coefficient (Wildman–Crippen LogP) is 1.65. The molecule has 7 nitrogen and oxygen atoms in total. The Morgan fingerprint density at radius 2 is 1.68 bits per heavy atom. The lowest BCUT2D eigenvalue weighted by molar-refractivity contribution is -0.119. The number of ether oxygens (including phenoxy) is 2. The molecule has 0 aromatic heterocycles. The van der Waals surface area contributed by atoms with Crippen molar-refractivity contribution in [3.05, 3.63) is 48.5 Å². The molecule has 134 valence electrons. The summed E-state index contributed by atoms with van der Waals surface area (Å²) >= 11 is 0. The zero-order valence-electron chi connectivity index (χ0n) is 14.2. The lowest BCUT2D eigenvalue weighted by Crippen LogP contribution is -2.40. The van der Waals surface area contributed by atoms with E-state index in [1.807, 2.05) is 0 Å². The molecule has 0 spiro atoms. The van der Waals surface area contributed by atoms with Gasteiger partial charge in [-0.05, 0) is 36.4 Å². The van der Waals surface area contributed by atoms with Crippen molar-refractivity contribution in [2.24, 2.45) is 0 Å². The lowest BCUT2D eigenvalue weighted by atomic mass is 10.3. The van der Waals surface area contributed by atoms with Crippen molar-refractivity contribution in [2.45, 2.75) is 4.90 Å². The largest absolute Gasteiger partial charge is 0.497 e. The van der Waals surface area contributed by atoms with E-state index in [0.717, 1.165) is 4.31 Å². The Morgan fingerprint density at radius 3 is 2.24 bits per heavy atom. The summed E-state index contributed by atoms with van der Waals surface area (Å²) in [6.07, 6.45) is 0. The minimum atomic E-state index is -3.98. The fourth-order valence-electron chi connectivity index (χ4n) is 2.22. The molecule has 1 N–H and O–H groups in total. The van der Waals surface area contributed by atoms with Crippen LogP contribution in [0, 0.1) is 0 Å². The highest BCUT2D eigenvalue weighted by Crippen LogP contribution is 2.32. The quantitative estimate of drug-likeness (QED) is 0.807. The molecule has 0 bridgehead atoms. The number of sulfonamides is 1. The number of rotatable bonds is 7. The van der Waals surface area contributed by atoms with Gasteiger partial charge in [-0.25, -0.2) is 8.42 Å². The standard InChI is InChI=1S/C17H20N2O5S/c1-18-17(20)12-19(15-6-4-5-7-16(15)24-3)25(21,22)14-10-8-13(23-2)9-11-14/h4-11H,12H2,1-3H3,(H,18,20). The lowest BCUT2D eigenvalue weighted by Gasteiger charge is -2.25. The van der Waals surface area contributed by atoms with Crippen molar-refractivity contribution in [1.82, 2.24) is 5.32 Å². The number of anilines is 1. The molecule has 8 heteroatoms. The molecular weight excluding hydrogens is 344 g/mol. The van der Waals surface area contributed by atoms with E-state index in [2.05, 4.69) is 5.32 Å². The number of carbonyl (C=O) groups is 1. The second kappa shape index (κ2) is 7.89. The summed E-state index contributed by atoms with van der Waals surface area (Å²) in [6, 6.07) is 12.6. The van der Waals surface area contributed by atoms with Crippen LogP contribution in [-0.2, 0) is 14.8 Å². The smallest absolute Gasteiger partial charge is 0.264 e. The van der Waals surface area contributed by atoms with E-state index in [1.165, 1.54) is 33.4 Å². The number of hydrogen-bond donors (Lipinski definition) is 1. The molecule has 0 aliphatic carbocycles. The molecule has 0 unspecified atom stereocenters. The van der Waals surface area contributed by atoms with E-state index in [0.29, 0.717) is 11.5 Å². The molecule has 2 aromatic rings. The molecule has 0 atom stereocenters. The summed E-state index contributed by atoms with van der Waals surface area (Å²) in [4.78, 5) is 11.9. The van der Waals surface area contributed by atoms with Gasteiger partial charge in [0, 0.05) is 7.05 Å². The van der Waals surface area contributed by atoms with E-state index in [4.69, 9.17) is 9.47 Å². The van der Waals surface area contributed by atoms with Gasteiger partial charge in [-0.15, -0.1) is 0 Å². The number of likely N-dealkylation sites (N-methyl/N-ethyl adjacent to an activating group) is 1. The zero-order chi connectivity index (χ0) is 18.4. The minimum Gasteiger partial charge on any atom is -0.497 e. The summed E-state index contributed by atoms with van der Waals surface area (Å²) in [6.45, 7) is -0.370. The van der Waals surface area contributed by atoms with Crippen LogP contribution in [-0.4, -0.2) is 42.1 Å². The first-order valence-corrected chi connectivity index (χ1v) is 8.88. The first-order chi connectivity index (χ1) is 11.9. The van der Waals surface area contributed by atoms with Crippen LogP contribution >= 0.6 is 0 Å². The summed E-state index contributed by atoms with van der Waals surface area (Å²) in [5.41, 5.74) is 0.282. The normalized spacial score (nSPS) is 10.8. The number of methoxy groups -OCH3 is 2. The first-order valence-electron chi connectivity index (χ1n) is 7.44. The maximum absolute atomic E-state index is 13.1. The molecule has 0 heterocycles. The van der Waals surface area contributed by atoms with Gasteiger partial charge in [0.15, 0.2) is 0 Å². The van der Waals surface area contributed by atoms with Crippen molar-refractivity contribution in [2.75, 3.05) is 32.1 Å². The monoisotopic (exact) mass is 364 g/mol. The summed E-state index contributed by atoms with van der Waals surface area (Å²) in [5.74, 6) is 0.445. The Morgan fingerprint density at radius 1 is 1.04 bits per heavy atom. The van der Waals surface area contributed by atoms with Crippen LogP contribution < -0.4 is 19.1 Å². The van der Waals surface area contributed by atoms with Crippen LogP contribution in [0.3, 0.4) is 0 Å². The molecule has 0 saturated heterocycles. The highest BCUT2D eigenvalue weighted by molar-refractivity contribution is 7.92. The summed E-state index contributed by atoms with van der Waals surface area (Å²) in [7, 11) is 0.405. The zero-order valence-corrected chi connectivity index (χ0v) is 15.0. The van der Waals surface area contributed by atoms with Gasteiger partial charge in [-0.1, -0.05) is 12.1 Å². The number of para-hydroxylation sites is 2. The summed E-state index contributed by atoms with van der Waals surface area (Å²) < 4.78 is 37.5. The Labute approximate surface area is 147 Å². The van der Waals surface area contributed by atoms with Crippen molar-refractivity contribution in [1.29, 1.82) is 0 Å². The van der Waals surface area contributed by atoms with Crippen molar-refractivity contribution < 1.29 is 22.7 Å². The third-order valence-electron chi connectivity index (χ3n) is 3.57. The minimum absolute atomic E-state index is 0.0445. The van der Waals surface area contributed by atoms with Crippen LogP contribution in [0.25, 0.3) is 0 Å². The number of nitrogens with zero attached hydrogens (tertiary/aromatic N) is 1. The highest BCUT2D eigenvalue weighted by atomic mass is 32.2. The molecule has 2 rings (SSSR count). The average molecular weight is 364 g/mol. The van der Waals surface area contributed by atoms with Gasteiger partial charge >= 0.3 is 0 Å². The first kappa shape index (κ1) is 18.6.